The third-order valence-electron chi connectivity index (χ3n) is 0. The normalized spacial score (nSPS) is 7.17. The van der Waals surface area contributed by atoms with Gasteiger partial charge in [-0.25, -0.2) is 0 Å². The SMILES string of the molecule is O=P([O-])([O-])[O-].[Ag+].[Al+3].[Mg+2].[O-]B([O-])[O-]. The molecule has 0 unspecified atom stereocenters. The van der Waals surface area contributed by atoms with Gasteiger partial charge in [0.15, 0.2) is 0 Å². The van der Waals surface area contributed by atoms with Crippen LogP contribution >= 0.6 is 7.82 Å². The summed E-state index contributed by atoms with van der Waals surface area (Å²) in [5, 5.41) is 25.2. The van der Waals surface area contributed by atoms with Gasteiger partial charge < -0.3 is 34.3 Å². The van der Waals surface area contributed by atoms with Crippen molar-refractivity contribution in [3.63, 3.8) is 0 Å². The molecule has 0 aliphatic rings. The molecule has 0 aromatic carbocycles. The Labute approximate surface area is 111 Å². The van der Waals surface area contributed by atoms with Crippen molar-refractivity contribution in [1.82, 2.24) is 0 Å². The molecule has 0 saturated heterocycles. The Bertz CT molecular complexity index is 94.6. The molecule has 0 N–H and O–H groups in total. The molecule has 0 saturated carbocycles. The summed E-state index contributed by atoms with van der Waals surface area (Å²) in [5.74, 6) is 0. The van der Waals surface area contributed by atoms with Gasteiger partial charge in [-0.05, 0) is 0 Å². The fourth-order valence-electron chi connectivity index (χ4n) is 0. The fourth-order valence-corrected chi connectivity index (χ4v) is 0. The van der Waals surface area contributed by atoms with Crippen LogP contribution in [-0.4, -0.2) is 47.7 Å². The second kappa shape index (κ2) is 15.6. The van der Waals surface area contributed by atoms with Gasteiger partial charge in [0.25, 0.3) is 0 Å². The summed E-state index contributed by atoms with van der Waals surface area (Å²) in [4.78, 5) is 25.6. The summed E-state index contributed by atoms with van der Waals surface area (Å²) in [6.07, 6.45) is 0. The Morgan fingerprint density at radius 2 is 1.00 bits per heavy atom. The Balaban J connectivity index is -0.0000000221. The molecule has 12 heteroatoms. The van der Waals surface area contributed by atoms with Gasteiger partial charge in [-0.2, -0.15) is 7.82 Å². The van der Waals surface area contributed by atoms with Crippen LogP contribution in [0.2, 0.25) is 0 Å². The van der Waals surface area contributed by atoms with Gasteiger partial charge in [-0.1, -0.05) is 0 Å². The second-order valence-corrected chi connectivity index (χ2v) is 1.63. The first-order valence-electron chi connectivity index (χ1n) is 1.44. The Morgan fingerprint density at radius 3 is 1.00 bits per heavy atom. The van der Waals surface area contributed by atoms with E-state index in [1.165, 1.54) is 0 Å². The van der Waals surface area contributed by atoms with E-state index >= 15 is 0 Å². The third-order valence-corrected chi connectivity index (χ3v) is 0. The molecule has 7 nitrogen and oxygen atoms in total. The van der Waals surface area contributed by atoms with Crippen molar-refractivity contribution < 1.29 is 56.7 Å². The minimum Gasteiger partial charge on any atom is -0.907 e. The van der Waals surface area contributed by atoms with Gasteiger partial charge in [-0.15, -0.1) is 0 Å². The second-order valence-electron chi connectivity index (χ2n) is 0.736. The molecule has 0 aliphatic heterocycles. The zero-order valence-corrected chi connectivity index (χ0v) is 10.4. The van der Waals surface area contributed by atoms with Crippen molar-refractivity contribution in [2.24, 2.45) is 0 Å². The average Bonchev–Trinajstić information content (AvgIpc) is 1.19. The first kappa shape index (κ1) is 29.2. The Morgan fingerprint density at radius 1 is 1.00 bits per heavy atom. The van der Waals surface area contributed by atoms with Gasteiger partial charge in [0.05, 0.1) is 0 Å². The average molecular weight is 313 g/mol. The molecule has 66 valence electrons. The fraction of sp³-hybridized carbons (Fsp3) is 0. The summed E-state index contributed by atoms with van der Waals surface area (Å²) in [6, 6.07) is 0. The number of hydrogen-bond acceptors (Lipinski definition) is 7. The molecule has 0 atom stereocenters. The van der Waals surface area contributed by atoms with Crippen LogP contribution in [-0.2, 0) is 26.9 Å². The Hall–Kier alpha value is 2.09. The molecule has 0 aliphatic carbocycles. The largest absolute Gasteiger partial charge is 3.00 e. The minimum absolute atomic E-state index is 0. The van der Waals surface area contributed by atoms with Gasteiger partial charge in [0, 0.05) is 0 Å². The van der Waals surface area contributed by atoms with Crippen LogP contribution in [0.15, 0.2) is 0 Å². The van der Waals surface area contributed by atoms with Gasteiger partial charge >= 0.3 is 62.8 Å². The topological polar surface area (TPSA) is 155 Å². The van der Waals surface area contributed by atoms with Crippen molar-refractivity contribution in [2.75, 3.05) is 0 Å². The van der Waals surface area contributed by atoms with E-state index in [1.54, 1.807) is 0 Å². The van der Waals surface area contributed by atoms with E-state index in [-0.39, 0.29) is 62.8 Å². The maximum Gasteiger partial charge on any atom is 3.00 e. The molecule has 0 bridgehead atoms. The summed E-state index contributed by atoms with van der Waals surface area (Å²) in [7, 11) is -8.31. The number of phosphoric acid groups is 1. The summed E-state index contributed by atoms with van der Waals surface area (Å²) < 4.78 is 8.55. The number of hydrogen-bond donors (Lipinski definition) is 0. The van der Waals surface area contributed by atoms with E-state index in [0.29, 0.717) is 0 Å². The van der Waals surface area contributed by atoms with Crippen molar-refractivity contribution >= 4 is 55.6 Å². The molecule has 0 aromatic heterocycles. The molecule has 0 aromatic rings. The molecule has 0 rings (SSSR count). The molecule has 0 heterocycles. The van der Waals surface area contributed by atoms with E-state index in [2.05, 4.69) is 0 Å². The van der Waals surface area contributed by atoms with Gasteiger partial charge in [0.1, 0.15) is 0 Å². The zero-order chi connectivity index (χ0) is 8.08. The van der Waals surface area contributed by atoms with Crippen LogP contribution in [0, 0.1) is 0 Å². The molecule has 0 spiro atoms. The van der Waals surface area contributed by atoms with Crippen LogP contribution in [0.25, 0.3) is 0 Å². The minimum atomic E-state index is -5.39. The van der Waals surface area contributed by atoms with Crippen LogP contribution in [0.5, 0.6) is 0 Å². The predicted octanol–water partition coefficient (Wildman–Crippen LogP) is -7.54. The smallest absolute Gasteiger partial charge is 0.907 e. The third kappa shape index (κ3) is 339. The standard InChI is InChI=1S/Ag.Al.BO3.Mg.H3O4P/c;;2-1(3)4;;1-5(2,3)4/h;;;;(H3,1,2,3,4)/q+1;+3;-3;+2;/p-3. The maximum absolute atomic E-state index is 8.55. The van der Waals surface area contributed by atoms with Crippen molar-refractivity contribution in [2.45, 2.75) is 0 Å². The first-order valence-corrected chi connectivity index (χ1v) is 2.90. The monoisotopic (exact) mass is 312 g/mol. The zero-order valence-electron chi connectivity index (χ0n) is 5.47. The van der Waals surface area contributed by atoms with Gasteiger partial charge in [-0.3, -0.25) is 7.32 Å². The Kier molecular flexibility index (Phi) is 37.9. The van der Waals surface area contributed by atoms with Crippen LogP contribution in [0.4, 0.5) is 0 Å². The predicted molar refractivity (Wildman–Crippen MR) is 24.9 cm³/mol. The van der Waals surface area contributed by atoms with E-state index < -0.39 is 15.1 Å². The molecular formula is AgAlBMgO7P. The maximum atomic E-state index is 8.55. The van der Waals surface area contributed by atoms with E-state index in [0.717, 1.165) is 0 Å². The van der Waals surface area contributed by atoms with Crippen molar-refractivity contribution in [3.05, 3.63) is 0 Å². The molecule has 0 amide bonds. The molecule has 0 radical (unpaired) electrons. The summed E-state index contributed by atoms with van der Waals surface area (Å²) in [6.45, 7) is 0. The van der Waals surface area contributed by atoms with E-state index in [1.807, 2.05) is 0 Å². The summed E-state index contributed by atoms with van der Waals surface area (Å²) >= 11 is 0. The quantitative estimate of drug-likeness (QED) is 0.317. The van der Waals surface area contributed by atoms with Crippen LogP contribution < -0.4 is 29.8 Å². The molecular weight excluding hydrogens is 313 g/mol. The van der Waals surface area contributed by atoms with Crippen LogP contribution in [0.1, 0.15) is 0 Å². The van der Waals surface area contributed by atoms with Gasteiger partial charge in [0.2, 0.25) is 0 Å². The number of rotatable bonds is 0. The van der Waals surface area contributed by atoms with Crippen molar-refractivity contribution in [1.29, 1.82) is 0 Å². The molecule has 0 fully saturated rings. The summed E-state index contributed by atoms with van der Waals surface area (Å²) in [5.41, 5.74) is 0. The van der Waals surface area contributed by atoms with E-state index in [9.17, 15) is 0 Å². The van der Waals surface area contributed by atoms with Crippen LogP contribution in [0.3, 0.4) is 0 Å². The molecule has 12 heavy (non-hydrogen) atoms. The van der Waals surface area contributed by atoms with Crippen molar-refractivity contribution in [3.8, 4) is 0 Å². The first-order chi connectivity index (χ1) is 3.73. The van der Waals surface area contributed by atoms with E-state index in [4.69, 9.17) is 34.3 Å².